The third-order valence-electron chi connectivity index (χ3n) is 5.40. The molecule has 6 heteroatoms. The number of ether oxygens (including phenoxy) is 1. The first-order valence-electron chi connectivity index (χ1n) is 9.32. The van der Waals surface area contributed by atoms with Crippen molar-refractivity contribution in [3.8, 4) is 0 Å². The van der Waals surface area contributed by atoms with Gasteiger partial charge in [0.2, 0.25) is 0 Å². The lowest BCUT2D eigenvalue weighted by Crippen LogP contribution is -2.52. The third kappa shape index (κ3) is 3.09. The average Bonchev–Trinajstić information content (AvgIpc) is 3.30. The fraction of sp³-hybridized carbons (Fsp3) is 0.500. The average molecular weight is 355 g/mol. The summed E-state index contributed by atoms with van der Waals surface area (Å²) in [6, 6.07) is 6.13. The van der Waals surface area contributed by atoms with Gasteiger partial charge in [-0.3, -0.25) is 9.59 Å². The SMILES string of the molecule is Cc1cc(C)c2cc(C(=O)N3CCN(C(=O)C4CCCO4)CC3)[nH]c2c1. The van der Waals surface area contributed by atoms with Crippen LogP contribution in [0, 0.1) is 13.8 Å². The van der Waals surface area contributed by atoms with Crippen molar-refractivity contribution in [2.75, 3.05) is 32.8 Å². The van der Waals surface area contributed by atoms with Gasteiger partial charge in [-0.1, -0.05) is 6.07 Å². The number of hydrogen-bond donors (Lipinski definition) is 1. The molecule has 3 heterocycles. The molecule has 1 N–H and O–H groups in total. The van der Waals surface area contributed by atoms with Gasteiger partial charge in [-0.25, -0.2) is 0 Å². The number of piperazine rings is 1. The van der Waals surface area contributed by atoms with Crippen molar-refractivity contribution < 1.29 is 14.3 Å². The Morgan fingerprint density at radius 1 is 1.08 bits per heavy atom. The van der Waals surface area contributed by atoms with Crippen molar-refractivity contribution in [1.29, 1.82) is 0 Å². The number of amides is 2. The summed E-state index contributed by atoms with van der Waals surface area (Å²) in [5.74, 6) is 0.0776. The van der Waals surface area contributed by atoms with Crippen molar-refractivity contribution in [2.24, 2.45) is 0 Å². The van der Waals surface area contributed by atoms with E-state index in [4.69, 9.17) is 4.74 Å². The second-order valence-corrected chi connectivity index (χ2v) is 7.35. The minimum absolute atomic E-state index is 0.00229. The van der Waals surface area contributed by atoms with Gasteiger partial charge in [0.15, 0.2) is 0 Å². The van der Waals surface area contributed by atoms with Crippen LogP contribution in [0.5, 0.6) is 0 Å². The maximum atomic E-state index is 12.9. The van der Waals surface area contributed by atoms with Crippen molar-refractivity contribution in [1.82, 2.24) is 14.8 Å². The molecular formula is C20H25N3O3. The van der Waals surface area contributed by atoms with Crippen LogP contribution in [-0.2, 0) is 9.53 Å². The first-order valence-corrected chi connectivity index (χ1v) is 9.32. The van der Waals surface area contributed by atoms with Gasteiger partial charge in [0, 0.05) is 43.7 Å². The van der Waals surface area contributed by atoms with Crippen LogP contribution in [-0.4, -0.2) is 65.5 Å². The summed E-state index contributed by atoms with van der Waals surface area (Å²) in [6.45, 7) is 7.06. The van der Waals surface area contributed by atoms with E-state index in [1.807, 2.05) is 15.9 Å². The molecule has 4 rings (SSSR count). The fourth-order valence-electron chi connectivity index (χ4n) is 3.99. The van der Waals surface area contributed by atoms with Gasteiger partial charge >= 0.3 is 0 Å². The highest BCUT2D eigenvalue weighted by atomic mass is 16.5. The molecule has 0 radical (unpaired) electrons. The molecule has 1 atom stereocenters. The molecule has 2 aliphatic rings. The van der Waals surface area contributed by atoms with E-state index in [1.165, 1.54) is 11.1 Å². The highest BCUT2D eigenvalue weighted by Crippen LogP contribution is 2.23. The lowest BCUT2D eigenvalue weighted by molar-refractivity contribution is -0.142. The highest BCUT2D eigenvalue weighted by molar-refractivity contribution is 5.99. The van der Waals surface area contributed by atoms with Gasteiger partial charge in [0.1, 0.15) is 11.8 Å². The van der Waals surface area contributed by atoms with Crippen LogP contribution >= 0.6 is 0 Å². The Morgan fingerprint density at radius 2 is 1.81 bits per heavy atom. The van der Waals surface area contributed by atoms with E-state index in [9.17, 15) is 9.59 Å². The lowest BCUT2D eigenvalue weighted by atomic mass is 10.1. The number of aryl methyl sites for hydroxylation is 2. The normalized spacial score (nSPS) is 20.8. The fourth-order valence-corrected chi connectivity index (χ4v) is 3.99. The Kier molecular flexibility index (Phi) is 4.44. The molecular weight excluding hydrogens is 330 g/mol. The molecule has 1 aromatic carbocycles. The van der Waals surface area contributed by atoms with Crippen LogP contribution in [0.25, 0.3) is 10.9 Å². The summed E-state index contributed by atoms with van der Waals surface area (Å²) in [6.07, 6.45) is 1.48. The van der Waals surface area contributed by atoms with Crippen molar-refractivity contribution in [3.05, 3.63) is 35.0 Å². The molecule has 2 aromatic rings. The van der Waals surface area contributed by atoms with E-state index in [0.29, 0.717) is 38.5 Å². The molecule has 26 heavy (non-hydrogen) atoms. The van der Waals surface area contributed by atoms with Crippen LogP contribution in [0.4, 0.5) is 0 Å². The Balaban J connectivity index is 1.43. The number of rotatable bonds is 2. The summed E-state index contributed by atoms with van der Waals surface area (Å²) in [5.41, 5.74) is 3.96. The van der Waals surface area contributed by atoms with Gasteiger partial charge in [0.05, 0.1) is 0 Å². The molecule has 1 aromatic heterocycles. The van der Waals surface area contributed by atoms with Crippen LogP contribution in [0.15, 0.2) is 18.2 Å². The molecule has 2 amide bonds. The molecule has 0 spiro atoms. The molecule has 2 aliphatic heterocycles. The van der Waals surface area contributed by atoms with E-state index in [1.54, 1.807) is 0 Å². The second kappa shape index (κ2) is 6.76. The van der Waals surface area contributed by atoms with E-state index in [0.717, 1.165) is 23.7 Å². The summed E-state index contributed by atoms with van der Waals surface area (Å²) >= 11 is 0. The van der Waals surface area contributed by atoms with Crippen LogP contribution in [0.2, 0.25) is 0 Å². The molecule has 1 unspecified atom stereocenters. The van der Waals surface area contributed by atoms with Crippen LogP contribution in [0.3, 0.4) is 0 Å². The number of nitrogens with zero attached hydrogens (tertiary/aromatic N) is 2. The maximum absolute atomic E-state index is 12.9. The summed E-state index contributed by atoms with van der Waals surface area (Å²) in [5, 5.41) is 1.09. The smallest absolute Gasteiger partial charge is 0.270 e. The van der Waals surface area contributed by atoms with Gasteiger partial charge < -0.3 is 19.5 Å². The number of aromatic nitrogens is 1. The summed E-state index contributed by atoms with van der Waals surface area (Å²) in [4.78, 5) is 32.2. The number of benzene rings is 1. The minimum Gasteiger partial charge on any atom is -0.368 e. The van der Waals surface area contributed by atoms with Crippen molar-refractivity contribution in [3.63, 3.8) is 0 Å². The number of carbonyl (C=O) groups is 2. The predicted octanol–water partition coefficient (Wildman–Crippen LogP) is 2.25. The standard InChI is InChI=1S/C20H25N3O3/c1-13-10-14(2)15-12-17(21-16(15)11-13)19(24)22-5-7-23(8-6-22)20(25)18-4-3-9-26-18/h10-12,18,21H,3-9H2,1-2H3. The van der Waals surface area contributed by atoms with Crippen molar-refractivity contribution in [2.45, 2.75) is 32.8 Å². The van der Waals surface area contributed by atoms with E-state index in [2.05, 4.69) is 31.0 Å². The highest BCUT2D eigenvalue weighted by Gasteiger charge is 2.31. The topological polar surface area (TPSA) is 65.6 Å². The summed E-state index contributed by atoms with van der Waals surface area (Å²) < 4.78 is 5.49. The lowest BCUT2D eigenvalue weighted by Gasteiger charge is -2.35. The van der Waals surface area contributed by atoms with Crippen LogP contribution < -0.4 is 0 Å². The molecule has 0 bridgehead atoms. The number of H-pyrrole nitrogens is 1. The molecule has 0 aliphatic carbocycles. The molecule has 138 valence electrons. The van der Waals surface area contributed by atoms with Gasteiger partial charge in [-0.05, 0) is 49.9 Å². The first-order chi connectivity index (χ1) is 12.5. The first kappa shape index (κ1) is 17.1. The number of fused-ring (bicyclic) bond motifs is 1. The Bertz CT molecular complexity index is 843. The zero-order valence-corrected chi connectivity index (χ0v) is 15.4. The molecule has 2 saturated heterocycles. The van der Waals surface area contributed by atoms with E-state index >= 15 is 0 Å². The number of carbonyl (C=O) groups excluding carboxylic acids is 2. The van der Waals surface area contributed by atoms with Crippen LogP contribution in [0.1, 0.15) is 34.5 Å². The Hall–Kier alpha value is -2.34. The number of aromatic amines is 1. The second-order valence-electron chi connectivity index (χ2n) is 7.35. The van der Waals surface area contributed by atoms with Gasteiger partial charge in [-0.15, -0.1) is 0 Å². The van der Waals surface area contributed by atoms with Gasteiger partial charge in [0.25, 0.3) is 11.8 Å². The molecule has 6 nitrogen and oxygen atoms in total. The van der Waals surface area contributed by atoms with Crippen molar-refractivity contribution >= 4 is 22.7 Å². The largest absolute Gasteiger partial charge is 0.368 e. The summed E-state index contributed by atoms with van der Waals surface area (Å²) in [7, 11) is 0. The van der Waals surface area contributed by atoms with E-state index in [-0.39, 0.29) is 17.9 Å². The molecule has 2 fully saturated rings. The van der Waals surface area contributed by atoms with Gasteiger partial charge in [-0.2, -0.15) is 0 Å². The monoisotopic (exact) mass is 355 g/mol. The zero-order chi connectivity index (χ0) is 18.3. The minimum atomic E-state index is -0.280. The maximum Gasteiger partial charge on any atom is 0.270 e. The predicted molar refractivity (Wildman–Crippen MR) is 99.2 cm³/mol. The van der Waals surface area contributed by atoms with E-state index < -0.39 is 0 Å². The zero-order valence-electron chi connectivity index (χ0n) is 15.4. The number of hydrogen-bond acceptors (Lipinski definition) is 3. The number of nitrogens with one attached hydrogen (secondary N) is 1. The Morgan fingerprint density at radius 3 is 2.50 bits per heavy atom. The molecule has 0 saturated carbocycles. The Labute approximate surface area is 153 Å². The quantitative estimate of drug-likeness (QED) is 0.899. The third-order valence-corrected chi connectivity index (χ3v) is 5.40.